The van der Waals surface area contributed by atoms with E-state index < -0.39 is 0 Å². The Balaban J connectivity index is 1.00. The minimum Gasteiger partial charge on any atom is -0.434 e. The van der Waals surface area contributed by atoms with Gasteiger partial charge in [-0.3, -0.25) is 0 Å². The van der Waals surface area contributed by atoms with E-state index in [0.29, 0.717) is 28.8 Å². The second-order valence-electron chi connectivity index (χ2n) is 13.2. The number of hydrogen-bond donors (Lipinski definition) is 0. The lowest BCUT2D eigenvalue weighted by atomic mass is 10.0. The normalized spacial score (nSPS) is 11.3. The van der Waals surface area contributed by atoms with Crippen LogP contribution in [0.4, 0.5) is 0 Å². The van der Waals surface area contributed by atoms with Gasteiger partial charge < -0.3 is 4.42 Å². The number of hydrogen-bond acceptors (Lipinski definition) is 7. The number of aromatic nitrogens is 6. The highest BCUT2D eigenvalue weighted by atomic mass is 16.3. The van der Waals surface area contributed by atoms with Gasteiger partial charge in [0.15, 0.2) is 23.1 Å². The fraction of sp³-hybridized carbons (Fsp3) is 0. The molecule has 7 nitrogen and oxygen atoms in total. The molecule has 6 aromatic carbocycles. The first-order valence-corrected chi connectivity index (χ1v) is 18.0. The number of furan rings is 1. The Morgan fingerprint density at radius 2 is 0.818 bits per heavy atom. The molecular weight excluding hydrogens is 677 g/mol. The van der Waals surface area contributed by atoms with Gasteiger partial charge in [-0.1, -0.05) is 152 Å². The second-order valence-corrected chi connectivity index (χ2v) is 13.2. The van der Waals surface area contributed by atoms with Gasteiger partial charge in [0.05, 0.1) is 5.39 Å². The monoisotopic (exact) mass is 706 g/mol. The largest absolute Gasteiger partial charge is 0.434 e. The topological polar surface area (TPSA) is 90.5 Å². The second kappa shape index (κ2) is 13.7. The van der Waals surface area contributed by atoms with Crippen LogP contribution in [-0.4, -0.2) is 29.9 Å². The zero-order valence-corrected chi connectivity index (χ0v) is 29.4. The molecule has 7 heteroatoms. The fourth-order valence-corrected chi connectivity index (χ4v) is 6.93. The first-order valence-electron chi connectivity index (χ1n) is 18.0. The average Bonchev–Trinajstić information content (AvgIpc) is 3.66. The molecule has 0 fully saturated rings. The Bertz CT molecular complexity index is 2970. The van der Waals surface area contributed by atoms with Gasteiger partial charge in [0.2, 0.25) is 5.71 Å². The summed E-state index contributed by atoms with van der Waals surface area (Å²) in [6, 6.07) is 57.6. The fourth-order valence-electron chi connectivity index (χ4n) is 6.93. The van der Waals surface area contributed by atoms with Gasteiger partial charge in [0, 0.05) is 34.0 Å². The quantitative estimate of drug-likeness (QED) is 0.163. The zero-order chi connectivity index (χ0) is 36.6. The average molecular weight is 707 g/mol. The summed E-state index contributed by atoms with van der Waals surface area (Å²) in [6.45, 7) is 0. The van der Waals surface area contributed by atoms with Crippen molar-refractivity contribution >= 4 is 22.2 Å². The highest BCUT2D eigenvalue weighted by molar-refractivity contribution is 6.06. The molecule has 10 aromatic rings. The summed E-state index contributed by atoms with van der Waals surface area (Å²) in [5, 5.41) is 0.826. The number of pyridine rings is 1. The van der Waals surface area contributed by atoms with E-state index in [2.05, 4.69) is 76.7 Å². The van der Waals surface area contributed by atoms with Crippen LogP contribution in [0.15, 0.2) is 187 Å². The van der Waals surface area contributed by atoms with Crippen LogP contribution >= 0.6 is 0 Å². The van der Waals surface area contributed by atoms with Crippen molar-refractivity contribution in [3.05, 3.63) is 182 Å². The molecule has 0 saturated carbocycles. The summed E-state index contributed by atoms with van der Waals surface area (Å²) in [6.07, 6.45) is 3.42. The lowest BCUT2D eigenvalue weighted by molar-refractivity contribution is 0.652. The van der Waals surface area contributed by atoms with Crippen molar-refractivity contribution in [2.24, 2.45) is 0 Å². The molecule has 0 amide bonds. The predicted octanol–water partition coefficient (Wildman–Crippen LogP) is 11.6. The maximum atomic E-state index is 6.32. The molecule has 55 heavy (non-hydrogen) atoms. The molecule has 0 aliphatic carbocycles. The molecular formula is C48H30N6O. The van der Waals surface area contributed by atoms with E-state index in [1.165, 1.54) is 0 Å². The van der Waals surface area contributed by atoms with E-state index in [1.54, 1.807) is 6.33 Å². The smallest absolute Gasteiger partial charge is 0.229 e. The third kappa shape index (κ3) is 6.19. The van der Waals surface area contributed by atoms with Crippen molar-refractivity contribution in [1.29, 1.82) is 0 Å². The first kappa shape index (κ1) is 32.0. The summed E-state index contributed by atoms with van der Waals surface area (Å²) in [5.41, 5.74) is 12.6. The van der Waals surface area contributed by atoms with Gasteiger partial charge in [0.1, 0.15) is 17.5 Å². The molecule has 4 aromatic heterocycles. The number of fused-ring (bicyclic) bond motifs is 3. The van der Waals surface area contributed by atoms with Crippen molar-refractivity contribution < 1.29 is 4.42 Å². The maximum absolute atomic E-state index is 6.32. The van der Waals surface area contributed by atoms with E-state index in [0.717, 1.165) is 72.2 Å². The molecule has 0 atom stereocenters. The van der Waals surface area contributed by atoms with Crippen molar-refractivity contribution in [2.45, 2.75) is 0 Å². The Morgan fingerprint density at radius 3 is 1.45 bits per heavy atom. The number of nitrogens with zero attached hydrogens (tertiary/aromatic N) is 6. The standard InChI is InChI=1S/C48H30N6O/c1-4-12-31(13-5-1)36-18-10-20-38(26-36)42-44-43(51-30-50-42)41-28-40(29-49-48(41)55-44)33-22-24-35(25-23-33)46-52-45(34-16-8-3-9-17-34)53-47(54-46)39-21-11-19-37(27-39)32-14-6-2-7-15-32/h1-30H. The van der Waals surface area contributed by atoms with Gasteiger partial charge in [0.25, 0.3) is 0 Å². The molecule has 0 N–H and O–H groups in total. The Hall–Kier alpha value is -7.64. The van der Waals surface area contributed by atoms with E-state index in [4.69, 9.17) is 24.4 Å². The zero-order valence-electron chi connectivity index (χ0n) is 29.4. The highest BCUT2D eigenvalue weighted by Gasteiger charge is 2.18. The molecule has 0 bridgehead atoms. The summed E-state index contributed by atoms with van der Waals surface area (Å²) in [4.78, 5) is 28.9. The van der Waals surface area contributed by atoms with Gasteiger partial charge in [-0.15, -0.1) is 0 Å². The Morgan fingerprint density at radius 1 is 0.345 bits per heavy atom. The maximum Gasteiger partial charge on any atom is 0.229 e. The molecule has 0 unspecified atom stereocenters. The molecule has 0 saturated heterocycles. The lowest BCUT2D eigenvalue weighted by Crippen LogP contribution is -2.00. The van der Waals surface area contributed by atoms with Crippen LogP contribution in [0.2, 0.25) is 0 Å². The van der Waals surface area contributed by atoms with Crippen LogP contribution in [0.25, 0.3) is 101 Å². The third-order valence-corrected chi connectivity index (χ3v) is 9.72. The van der Waals surface area contributed by atoms with Crippen LogP contribution in [0.1, 0.15) is 0 Å². The van der Waals surface area contributed by atoms with Crippen molar-refractivity contribution in [1.82, 2.24) is 29.9 Å². The van der Waals surface area contributed by atoms with Crippen LogP contribution in [0, 0.1) is 0 Å². The molecule has 258 valence electrons. The van der Waals surface area contributed by atoms with Gasteiger partial charge in [-0.05, 0) is 46.0 Å². The molecule has 0 radical (unpaired) electrons. The van der Waals surface area contributed by atoms with E-state index in [1.807, 2.05) is 109 Å². The van der Waals surface area contributed by atoms with Gasteiger partial charge >= 0.3 is 0 Å². The van der Waals surface area contributed by atoms with Crippen LogP contribution in [0.3, 0.4) is 0 Å². The SMILES string of the molecule is c1ccc(-c2cccc(-c3nc(-c4ccccc4)nc(-c4ccc(-c5cnc6oc7c(-c8cccc(-c9ccccc9)c8)ncnc7c6c5)cc4)n3)c2)cc1. The molecule has 10 rings (SSSR count). The summed E-state index contributed by atoms with van der Waals surface area (Å²) in [7, 11) is 0. The summed E-state index contributed by atoms with van der Waals surface area (Å²) < 4.78 is 6.32. The molecule has 0 aliphatic heterocycles. The Kier molecular flexibility index (Phi) is 8.00. The van der Waals surface area contributed by atoms with Gasteiger partial charge in [-0.2, -0.15) is 0 Å². The highest BCUT2D eigenvalue weighted by Crippen LogP contribution is 2.36. The minimum absolute atomic E-state index is 0.513. The van der Waals surface area contributed by atoms with Crippen LogP contribution in [0.5, 0.6) is 0 Å². The van der Waals surface area contributed by atoms with E-state index in [-0.39, 0.29) is 0 Å². The number of benzene rings is 6. The number of rotatable bonds is 7. The molecule has 0 spiro atoms. The van der Waals surface area contributed by atoms with Gasteiger partial charge in [-0.25, -0.2) is 29.9 Å². The van der Waals surface area contributed by atoms with Crippen LogP contribution < -0.4 is 0 Å². The molecule has 4 heterocycles. The minimum atomic E-state index is 0.513. The van der Waals surface area contributed by atoms with E-state index in [9.17, 15) is 0 Å². The Labute approximate surface area is 316 Å². The van der Waals surface area contributed by atoms with Crippen molar-refractivity contribution in [2.75, 3.05) is 0 Å². The lowest BCUT2D eigenvalue weighted by Gasteiger charge is -2.10. The third-order valence-electron chi connectivity index (χ3n) is 9.72. The summed E-state index contributed by atoms with van der Waals surface area (Å²) >= 11 is 0. The van der Waals surface area contributed by atoms with Crippen LogP contribution in [-0.2, 0) is 0 Å². The summed E-state index contributed by atoms with van der Waals surface area (Å²) in [5.74, 6) is 1.82. The van der Waals surface area contributed by atoms with E-state index >= 15 is 0 Å². The van der Waals surface area contributed by atoms with Crippen molar-refractivity contribution in [3.63, 3.8) is 0 Å². The van der Waals surface area contributed by atoms with Crippen molar-refractivity contribution in [3.8, 4) is 78.8 Å². The molecule has 0 aliphatic rings. The first-order chi connectivity index (χ1) is 27.2. The predicted molar refractivity (Wildman–Crippen MR) is 219 cm³/mol.